The molecule has 0 aromatic carbocycles. The van der Waals surface area contributed by atoms with Crippen molar-refractivity contribution in [1.82, 2.24) is 0 Å². The number of hydrogen-bond acceptors (Lipinski definition) is 2. The molecule has 1 rings (SSSR count). The Bertz CT molecular complexity index is 109. The zero-order chi connectivity index (χ0) is 5.98. The van der Waals surface area contributed by atoms with Crippen LogP contribution in [-0.4, -0.2) is 18.5 Å². The number of nitrogens with zero attached hydrogens (tertiary/aromatic N) is 1. The van der Waals surface area contributed by atoms with Crippen LogP contribution in [0.25, 0.3) is 0 Å². The molecule has 0 N–H and O–H groups in total. The van der Waals surface area contributed by atoms with Gasteiger partial charge in [-0.1, -0.05) is 6.92 Å². The molecule has 2 heteroatoms. The highest BCUT2D eigenvalue weighted by Crippen LogP contribution is 2.06. The number of rotatable bonds is 1. The molecule has 0 saturated carbocycles. The highest BCUT2D eigenvalue weighted by Gasteiger charge is 2.12. The van der Waals surface area contributed by atoms with E-state index in [4.69, 9.17) is 4.74 Å². The molecule has 0 fully saturated rings. The Morgan fingerprint density at radius 1 is 1.88 bits per heavy atom. The molecule has 2 nitrogen and oxygen atoms in total. The summed E-state index contributed by atoms with van der Waals surface area (Å²) in [6.45, 7) is 4.87. The molecule has 1 aliphatic rings. The predicted molar refractivity (Wildman–Crippen MR) is 33.1 cm³/mol. The summed E-state index contributed by atoms with van der Waals surface area (Å²) in [5.74, 6) is 0.844. The van der Waals surface area contributed by atoms with E-state index in [1.807, 2.05) is 6.92 Å². The fourth-order valence-electron chi connectivity index (χ4n) is 0.759. The van der Waals surface area contributed by atoms with Crippen molar-refractivity contribution in [2.24, 2.45) is 4.99 Å². The van der Waals surface area contributed by atoms with E-state index in [2.05, 4.69) is 11.9 Å². The largest absolute Gasteiger partial charge is 0.476 e. The predicted octanol–water partition coefficient (Wildman–Crippen LogP) is 1.21. The standard InChI is InChI=1S/C6H11NO/c1-3-6-4-7-5(2)8-6/h6H,3-4H2,1-2H3. The first-order chi connectivity index (χ1) is 3.83. The van der Waals surface area contributed by atoms with E-state index in [1.165, 1.54) is 0 Å². The van der Waals surface area contributed by atoms with Crippen LogP contribution in [0.2, 0.25) is 0 Å². The highest BCUT2D eigenvalue weighted by molar-refractivity contribution is 5.74. The molecule has 0 aliphatic carbocycles. The summed E-state index contributed by atoms with van der Waals surface area (Å²) in [4.78, 5) is 4.08. The fraction of sp³-hybridized carbons (Fsp3) is 0.833. The maximum Gasteiger partial charge on any atom is 0.180 e. The second kappa shape index (κ2) is 2.16. The molecule has 0 radical (unpaired) electrons. The maximum absolute atomic E-state index is 5.26. The van der Waals surface area contributed by atoms with Gasteiger partial charge in [-0.25, -0.2) is 0 Å². The molecule has 0 spiro atoms. The molecular weight excluding hydrogens is 102 g/mol. The van der Waals surface area contributed by atoms with Gasteiger partial charge in [0.05, 0.1) is 6.54 Å². The van der Waals surface area contributed by atoms with Gasteiger partial charge in [-0.3, -0.25) is 4.99 Å². The van der Waals surface area contributed by atoms with Gasteiger partial charge in [-0.05, 0) is 6.42 Å². The summed E-state index contributed by atoms with van der Waals surface area (Å²) in [5, 5.41) is 0. The first-order valence-electron chi connectivity index (χ1n) is 3.00. The first kappa shape index (κ1) is 5.60. The Labute approximate surface area is 49.6 Å². The molecule has 0 bridgehead atoms. The molecule has 0 amide bonds. The van der Waals surface area contributed by atoms with Gasteiger partial charge < -0.3 is 4.74 Å². The lowest BCUT2D eigenvalue weighted by Crippen LogP contribution is -2.09. The molecule has 46 valence electrons. The van der Waals surface area contributed by atoms with Crippen molar-refractivity contribution in [3.63, 3.8) is 0 Å². The molecule has 1 aliphatic heterocycles. The van der Waals surface area contributed by atoms with Crippen molar-refractivity contribution in [3.8, 4) is 0 Å². The first-order valence-corrected chi connectivity index (χ1v) is 3.00. The van der Waals surface area contributed by atoms with E-state index in [0.717, 1.165) is 18.9 Å². The Morgan fingerprint density at radius 2 is 2.62 bits per heavy atom. The number of ether oxygens (including phenoxy) is 1. The summed E-state index contributed by atoms with van der Waals surface area (Å²) in [5.41, 5.74) is 0. The lowest BCUT2D eigenvalue weighted by atomic mass is 10.3. The SMILES string of the molecule is CCC1CN=C(C)O1. The summed E-state index contributed by atoms with van der Waals surface area (Å²) in [6.07, 6.45) is 1.44. The van der Waals surface area contributed by atoms with Gasteiger partial charge in [0.15, 0.2) is 5.90 Å². The van der Waals surface area contributed by atoms with Crippen molar-refractivity contribution in [2.45, 2.75) is 26.4 Å². The Kier molecular flexibility index (Phi) is 1.51. The van der Waals surface area contributed by atoms with Gasteiger partial charge in [0.1, 0.15) is 6.10 Å². The number of aliphatic imine (C=N–C) groups is 1. The minimum Gasteiger partial charge on any atom is -0.476 e. The molecule has 1 atom stereocenters. The van der Waals surface area contributed by atoms with Crippen LogP contribution in [0.15, 0.2) is 4.99 Å². The highest BCUT2D eigenvalue weighted by atomic mass is 16.5. The monoisotopic (exact) mass is 113 g/mol. The smallest absolute Gasteiger partial charge is 0.180 e. The summed E-state index contributed by atoms with van der Waals surface area (Å²) < 4.78 is 5.26. The Balaban J connectivity index is 2.32. The maximum atomic E-state index is 5.26. The van der Waals surface area contributed by atoms with Crippen LogP contribution in [0.4, 0.5) is 0 Å². The van der Waals surface area contributed by atoms with Gasteiger partial charge in [-0.15, -0.1) is 0 Å². The number of hydrogen-bond donors (Lipinski definition) is 0. The van der Waals surface area contributed by atoms with E-state index >= 15 is 0 Å². The van der Waals surface area contributed by atoms with Crippen LogP contribution in [0.1, 0.15) is 20.3 Å². The normalized spacial score (nSPS) is 27.2. The van der Waals surface area contributed by atoms with Gasteiger partial charge in [-0.2, -0.15) is 0 Å². The molecule has 1 unspecified atom stereocenters. The fourth-order valence-corrected chi connectivity index (χ4v) is 0.759. The molecule has 1 heterocycles. The van der Waals surface area contributed by atoms with Crippen LogP contribution in [0, 0.1) is 0 Å². The summed E-state index contributed by atoms with van der Waals surface area (Å²) in [7, 11) is 0. The lowest BCUT2D eigenvalue weighted by Gasteiger charge is -2.04. The van der Waals surface area contributed by atoms with Gasteiger partial charge in [0.25, 0.3) is 0 Å². The van der Waals surface area contributed by atoms with Gasteiger partial charge >= 0.3 is 0 Å². The van der Waals surface area contributed by atoms with Crippen LogP contribution in [0.3, 0.4) is 0 Å². The third-order valence-electron chi connectivity index (χ3n) is 1.31. The van der Waals surface area contributed by atoms with E-state index in [0.29, 0.717) is 6.10 Å². The molecule has 0 saturated heterocycles. The van der Waals surface area contributed by atoms with Gasteiger partial charge in [0.2, 0.25) is 0 Å². The van der Waals surface area contributed by atoms with Crippen LogP contribution < -0.4 is 0 Å². The average Bonchev–Trinajstić information content (AvgIpc) is 2.14. The van der Waals surface area contributed by atoms with Crippen LogP contribution >= 0.6 is 0 Å². The van der Waals surface area contributed by atoms with Crippen molar-refractivity contribution in [1.29, 1.82) is 0 Å². The quantitative estimate of drug-likeness (QED) is 0.501. The third kappa shape index (κ3) is 0.997. The second-order valence-corrected chi connectivity index (χ2v) is 2.01. The summed E-state index contributed by atoms with van der Waals surface area (Å²) >= 11 is 0. The minimum atomic E-state index is 0.370. The second-order valence-electron chi connectivity index (χ2n) is 2.01. The zero-order valence-corrected chi connectivity index (χ0v) is 5.35. The van der Waals surface area contributed by atoms with Crippen molar-refractivity contribution < 1.29 is 4.74 Å². The van der Waals surface area contributed by atoms with Crippen molar-refractivity contribution in [2.75, 3.05) is 6.54 Å². The minimum absolute atomic E-state index is 0.370. The topological polar surface area (TPSA) is 21.6 Å². The molecule has 0 aromatic heterocycles. The van der Waals surface area contributed by atoms with E-state index in [1.54, 1.807) is 0 Å². The van der Waals surface area contributed by atoms with E-state index in [-0.39, 0.29) is 0 Å². The Morgan fingerprint density at radius 3 is 2.88 bits per heavy atom. The van der Waals surface area contributed by atoms with E-state index in [9.17, 15) is 0 Å². The van der Waals surface area contributed by atoms with Crippen LogP contribution in [-0.2, 0) is 4.74 Å². The average molecular weight is 113 g/mol. The molecular formula is C6H11NO. The van der Waals surface area contributed by atoms with Gasteiger partial charge in [0, 0.05) is 6.92 Å². The Hall–Kier alpha value is -0.530. The molecule has 0 aromatic rings. The molecule has 8 heavy (non-hydrogen) atoms. The zero-order valence-electron chi connectivity index (χ0n) is 5.35. The van der Waals surface area contributed by atoms with Crippen LogP contribution in [0.5, 0.6) is 0 Å². The van der Waals surface area contributed by atoms with E-state index < -0.39 is 0 Å². The summed E-state index contributed by atoms with van der Waals surface area (Å²) in [6, 6.07) is 0. The van der Waals surface area contributed by atoms with Crippen molar-refractivity contribution in [3.05, 3.63) is 0 Å². The third-order valence-corrected chi connectivity index (χ3v) is 1.31. The van der Waals surface area contributed by atoms with Crippen molar-refractivity contribution >= 4 is 5.90 Å². The lowest BCUT2D eigenvalue weighted by molar-refractivity contribution is 0.218.